The first-order chi connectivity index (χ1) is 3.73. The molecule has 0 saturated heterocycles. The molecule has 4 N–H and O–H groups in total. The zero-order valence-electron chi connectivity index (χ0n) is 9.34. The van der Waals surface area contributed by atoms with E-state index < -0.39 is 16.6 Å². The summed E-state index contributed by atoms with van der Waals surface area (Å²) in [6.07, 6.45) is -1.83. The molecule has 0 spiro atoms. The number of rotatable bonds is 0. The molecule has 10 heteroatoms. The summed E-state index contributed by atoms with van der Waals surface area (Å²) in [6.45, 7) is 0. The second kappa shape index (κ2) is 12.3. The fraction of sp³-hybridized carbons (Fsp3) is 0. The molecule has 0 aromatic heterocycles. The van der Waals surface area contributed by atoms with Crippen LogP contribution in [0.3, 0.4) is 0 Å². The predicted molar refractivity (Wildman–Crippen MR) is 40.8 cm³/mol. The van der Waals surface area contributed by atoms with Gasteiger partial charge in [-0.25, -0.2) is 4.79 Å². The smallest absolute Gasteiger partial charge is 1.00 e. The van der Waals surface area contributed by atoms with Crippen LogP contribution >= 0.6 is 0 Å². The molecule has 0 heterocycles. The normalized spacial score (nSPS) is 7.45. The van der Waals surface area contributed by atoms with E-state index in [9.17, 15) is 0 Å². The molecule has 0 aromatic rings. The van der Waals surface area contributed by atoms with Crippen LogP contribution in [0.2, 0.25) is 0 Å². The average molecular weight is 439 g/mol. The zero-order valence-corrected chi connectivity index (χ0v) is 15.0. The van der Waals surface area contributed by atoms with Gasteiger partial charge in [-0.2, -0.15) is 8.42 Å². The molecule has 64 valence electrons. The van der Waals surface area contributed by atoms with Crippen molar-refractivity contribution in [3.63, 3.8) is 0 Å². The van der Waals surface area contributed by atoms with Crippen LogP contribution in [0, 0.1) is 0 Å². The maximum absolute atomic E-state index is 8.74. The fourth-order valence-electron chi connectivity index (χ4n) is 0. The third-order valence-electron chi connectivity index (χ3n) is 0. The van der Waals surface area contributed by atoms with Crippen molar-refractivity contribution in [2.45, 2.75) is 0 Å². The van der Waals surface area contributed by atoms with Crippen molar-refractivity contribution >= 4 is 114 Å². The van der Waals surface area contributed by atoms with E-state index >= 15 is 0 Å². The van der Waals surface area contributed by atoms with Gasteiger partial charge in [-0.05, 0) is 0 Å². The van der Waals surface area contributed by atoms with Gasteiger partial charge in [0.15, 0.2) is 0 Å². The Kier molecular flexibility index (Phi) is 26.0. The summed E-state index contributed by atoms with van der Waals surface area (Å²) in [4.78, 5) is 8.56. The van der Waals surface area contributed by atoms with E-state index in [4.69, 9.17) is 32.5 Å². The number of carboxylic acid groups (broad SMARTS) is 2. The second-order valence-electron chi connectivity index (χ2n) is 0.730. The summed E-state index contributed by atoms with van der Waals surface area (Å²) in [5.41, 5.74) is 0. The molecule has 0 atom stereocenters. The van der Waals surface area contributed by atoms with Gasteiger partial charge in [0.05, 0.1) is 0 Å². The third kappa shape index (κ3) is 249. The Hall–Kier alpha value is 2.28. The maximum Gasteiger partial charge on any atom is 2.00 e. The molecule has 0 saturated carbocycles. The summed E-state index contributed by atoms with van der Waals surface area (Å²) in [5.74, 6) is 0. The molecular formula is CH8Ba2O7S. The molecule has 0 fully saturated rings. The van der Waals surface area contributed by atoms with Gasteiger partial charge in [-0.3, -0.25) is 9.11 Å². The molecule has 0 aliphatic heterocycles. The van der Waals surface area contributed by atoms with E-state index in [0.29, 0.717) is 0 Å². The van der Waals surface area contributed by atoms with Gasteiger partial charge in [0, 0.05) is 0 Å². The van der Waals surface area contributed by atoms with Crippen LogP contribution in [-0.4, -0.2) is 132 Å². The molecule has 0 amide bonds. The van der Waals surface area contributed by atoms with Gasteiger partial charge in [0.2, 0.25) is 0 Å². The van der Waals surface area contributed by atoms with Gasteiger partial charge in [-0.1, -0.05) is 0 Å². The molecule has 0 aromatic carbocycles. The number of hydrogen-bond donors (Lipinski definition) is 4. The average Bonchev–Trinajstić information content (AvgIpc) is 1.19. The molecule has 0 aliphatic rings. The standard InChI is InChI=1S/CH2O3.2Ba.H2O4S.4H/c2-1(3)4;;;1-5(2,3)4;;;;/h(H2,2,3,4);;;(H2,1,2,3,4);;;;/q;2*+2;;4*-1. The van der Waals surface area contributed by atoms with E-state index in [0.717, 1.165) is 0 Å². The van der Waals surface area contributed by atoms with Gasteiger partial charge in [0.1, 0.15) is 0 Å². The Labute approximate surface area is 149 Å². The van der Waals surface area contributed by atoms with Crippen LogP contribution in [0.25, 0.3) is 0 Å². The van der Waals surface area contributed by atoms with E-state index in [2.05, 4.69) is 0 Å². The van der Waals surface area contributed by atoms with E-state index in [1.54, 1.807) is 0 Å². The quantitative estimate of drug-likeness (QED) is 0.289. The minimum atomic E-state index is -4.67. The van der Waals surface area contributed by atoms with Crippen LogP contribution < -0.4 is 0 Å². The summed E-state index contributed by atoms with van der Waals surface area (Å²) in [6, 6.07) is 0. The predicted octanol–water partition coefficient (Wildman–Crippen LogP) is -0.742. The van der Waals surface area contributed by atoms with Crippen LogP contribution in [-0.2, 0) is 10.4 Å². The topological polar surface area (TPSA) is 132 Å². The Morgan fingerprint density at radius 2 is 1.09 bits per heavy atom. The van der Waals surface area contributed by atoms with Crippen LogP contribution in [0.1, 0.15) is 5.71 Å². The van der Waals surface area contributed by atoms with Crippen LogP contribution in [0.15, 0.2) is 0 Å². The molecule has 0 radical (unpaired) electrons. The van der Waals surface area contributed by atoms with Crippen molar-refractivity contribution in [1.29, 1.82) is 0 Å². The van der Waals surface area contributed by atoms with Crippen molar-refractivity contribution in [1.82, 2.24) is 0 Å². The van der Waals surface area contributed by atoms with E-state index in [1.807, 2.05) is 0 Å². The number of hydrogen-bond acceptors (Lipinski definition) is 3. The molecule has 0 aliphatic carbocycles. The first-order valence-electron chi connectivity index (χ1n) is 1.35. The van der Waals surface area contributed by atoms with Crippen LogP contribution in [0.5, 0.6) is 0 Å². The van der Waals surface area contributed by atoms with Crippen molar-refractivity contribution in [2.24, 2.45) is 0 Å². The first kappa shape index (κ1) is 23.3. The molecular weight excluding hydrogens is 431 g/mol. The molecule has 0 unspecified atom stereocenters. The Balaban J connectivity index is -0.00000000785. The summed E-state index contributed by atoms with van der Waals surface area (Å²) < 4.78 is 31.6. The SMILES string of the molecule is O=C(O)O.O=S(=O)(O)O.[Ba+2].[Ba+2].[H-].[H-].[H-].[H-]. The minimum Gasteiger partial charge on any atom is -1.00 e. The molecule has 11 heavy (non-hydrogen) atoms. The van der Waals surface area contributed by atoms with Crippen molar-refractivity contribution in [3.05, 3.63) is 0 Å². The van der Waals surface area contributed by atoms with Gasteiger partial charge in [-0.15, -0.1) is 0 Å². The van der Waals surface area contributed by atoms with Gasteiger partial charge >= 0.3 is 114 Å². The molecule has 7 nitrogen and oxygen atoms in total. The zero-order chi connectivity index (χ0) is 8.08. The third-order valence-corrected chi connectivity index (χ3v) is 0. The Morgan fingerprint density at radius 3 is 1.09 bits per heavy atom. The number of carbonyl (C=O) groups is 1. The van der Waals surface area contributed by atoms with Gasteiger partial charge < -0.3 is 15.9 Å². The minimum absolute atomic E-state index is 0. The van der Waals surface area contributed by atoms with Crippen molar-refractivity contribution in [2.75, 3.05) is 0 Å². The molecule has 0 rings (SSSR count). The van der Waals surface area contributed by atoms with E-state index in [-0.39, 0.29) is 103 Å². The van der Waals surface area contributed by atoms with Crippen LogP contribution in [0.4, 0.5) is 4.79 Å². The maximum atomic E-state index is 8.74. The van der Waals surface area contributed by atoms with Crippen molar-refractivity contribution in [3.8, 4) is 0 Å². The van der Waals surface area contributed by atoms with Gasteiger partial charge in [0.25, 0.3) is 0 Å². The Bertz CT molecular complexity index is 171. The first-order valence-corrected chi connectivity index (χ1v) is 2.75. The molecule has 0 bridgehead atoms. The second-order valence-corrected chi connectivity index (χ2v) is 1.63. The Morgan fingerprint density at radius 1 is 1.09 bits per heavy atom. The fourth-order valence-corrected chi connectivity index (χ4v) is 0. The summed E-state index contributed by atoms with van der Waals surface area (Å²) in [5, 5.41) is 13.9. The largest absolute Gasteiger partial charge is 2.00 e. The van der Waals surface area contributed by atoms with E-state index in [1.165, 1.54) is 0 Å². The summed E-state index contributed by atoms with van der Waals surface area (Å²) >= 11 is 0. The van der Waals surface area contributed by atoms with Crippen molar-refractivity contribution < 1.29 is 38.2 Å². The monoisotopic (exact) mass is 440 g/mol. The summed E-state index contributed by atoms with van der Waals surface area (Å²) in [7, 11) is -4.67.